The van der Waals surface area contributed by atoms with Gasteiger partial charge in [-0.05, 0) is 37.3 Å². The Morgan fingerprint density at radius 1 is 1.33 bits per heavy atom. The quantitative estimate of drug-likeness (QED) is 0.385. The highest BCUT2D eigenvalue weighted by molar-refractivity contribution is 5.77. The maximum atomic E-state index is 13.1. The average Bonchev–Trinajstić information content (AvgIpc) is 3.40. The second kappa shape index (κ2) is 9.19. The van der Waals surface area contributed by atoms with E-state index in [1.54, 1.807) is 11.8 Å². The van der Waals surface area contributed by atoms with Crippen LogP contribution in [-0.2, 0) is 23.9 Å². The van der Waals surface area contributed by atoms with Crippen LogP contribution in [0, 0.1) is 29.6 Å². The lowest BCUT2D eigenvalue weighted by Crippen LogP contribution is -2.44. The molecule has 0 aromatic carbocycles. The smallest absolute Gasteiger partial charge is 0.320 e. The summed E-state index contributed by atoms with van der Waals surface area (Å²) in [6.07, 6.45) is 0.0670. The Bertz CT molecular complexity index is 855. The van der Waals surface area contributed by atoms with Crippen molar-refractivity contribution in [1.82, 2.24) is 4.90 Å². The van der Waals surface area contributed by atoms with Gasteiger partial charge in [-0.1, -0.05) is 25.7 Å². The molecule has 0 radical (unpaired) electrons. The van der Waals surface area contributed by atoms with Crippen LogP contribution in [0.25, 0.3) is 0 Å². The normalized spacial score (nSPS) is 39.5. The van der Waals surface area contributed by atoms with Crippen molar-refractivity contribution in [2.24, 2.45) is 29.6 Å². The van der Waals surface area contributed by atoms with E-state index in [2.05, 4.69) is 13.2 Å². The highest BCUT2D eigenvalue weighted by Gasteiger charge is 2.58. The fourth-order valence-corrected chi connectivity index (χ4v) is 6.21. The first-order chi connectivity index (χ1) is 15.6. The van der Waals surface area contributed by atoms with E-state index in [4.69, 9.17) is 9.47 Å². The van der Waals surface area contributed by atoms with Crippen LogP contribution in [0.2, 0.25) is 0 Å². The van der Waals surface area contributed by atoms with Gasteiger partial charge in [-0.25, -0.2) is 0 Å². The number of hydrogen-bond donors (Lipinski definition) is 3. The summed E-state index contributed by atoms with van der Waals surface area (Å²) >= 11 is 0. The van der Waals surface area contributed by atoms with Gasteiger partial charge in [0.25, 0.3) is 0 Å². The van der Waals surface area contributed by atoms with E-state index in [0.29, 0.717) is 37.8 Å². The molecule has 33 heavy (non-hydrogen) atoms. The molecule has 0 aromatic rings. The van der Waals surface area contributed by atoms with Crippen LogP contribution in [-0.4, -0.2) is 82.2 Å². The first-order valence-electron chi connectivity index (χ1n) is 11.7. The Kier molecular flexibility index (Phi) is 6.66. The highest BCUT2D eigenvalue weighted by Crippen LogP contribution is 2.53. The lowest BCUT2D eigenvalue weighted by molar-refractivity contribution is -0.161. The molecule has 9 heteroatoms. The van der Waals surface area contributed by atoms with Gasteiger partial charge in [0.2, 0.25) is 0 Å². The Morgan fingerprint density at radius 2 is 2.06 bits per heavy atom. The number of rotatable bonds is 6. The van der Waals surface area contributed by atoms with Gasteiger partial charge < -0.3 is 24.8 Å². The molecule has 2 heterocycles. The van der Waals surface area contributed by atoms with E-state index in [1.165, 1.54) is 0 Å². The Balaban J connectivity index is 1.53. The summed E-state index contributed by atoms with van der Waals surface area (Å²) in [7, 11) is 0. The molecule has 2 aliphatic carbocycles. The number of aliphatic hydroxyl groups excluding tert-OH is 2. The number of nitrogens with zero attached hydrogens (tertiary/aromatic N) is 1. The van der Waals surface area contributed by atoms with Gasteiger partial charge in [0.15, 0.2) is 0 Å². The molecule has 2 saturated heterocycles. The Labute approximate surface area is 193 Å². The van der Waals surface area contributed by atoms with E-state index in [0.717, 1.165) is 5.57 Å². The van der Waals surface area contributed by atoms with Crippen molar-refractivity contribution in [3.8, 4) is 0 Å². The number of carbonyl (C=O) groups is 3. The van der Waals surface area contributed by atoms with Crippen LogP contribution < -0.4 is 0 Å². The molecule has 3 N–H and O–H groups in total. The van der Waals surface area contributed by atoms with E-state index >= 15 is 0 Å². The predicted octanol–water partition coefficient (Wildman–Crippen LogP) is 0.747. The molecule has 0 amide bonds. The minimum Gasteiger partial charge on any atom is -0.480 e. The van der Waals surface area contributed by atoms with Crippen molar-refractivity contribution in [3.63, 3.8) is 0 Å². The summed E-state index contributed by atoms with van der Waals surface area (Å²) in [5.41, 5.74) is 1.44. The number of fused-ring (bicyclic) bond motifs is 3. The summed E-state index contributed by atoms with van der Waals surface area (Å²) in [4.78, 5) is 38.8. The SMILES string of the molecule is C=C1[C@@H]2[C@H]3OC(=O)[C@@H](C)[C@@H]3[C@@H](OC(=O)C(CO)CN3CCCC3C(=O)O)CC(=C)[C@@H]2C[C@@H]1O. The maximum absolute atomic E-state index is 13.1. The van der Waals surface area contributed by atoms with Crippen molar-refractivity contribution in [2.75, 3.05) is 19.7 Å². The zero-order valence-corrected chi connectivity index (χ0v) is 18.9. The average molecular weight is 464 g/mol. The minimum atomic E-state index is -0.940. The van der Waals surface area contributed by atoms with Crippen molar-refractivity contribution in [3.05, 3.63) is 24.3 Å². The van der Waals surface area contributed by atoms with Crippen LogP contribution in [0.4, 0.5) is 0 Å². The molecule has 9 atom stereocenters. The lowest BCUT2D eigenvalue weighted by atomic mass is 9.79. The van der Waals surface area contributed by atoms with Gasteiger partial charge in [0, 0.05) is 24.8 Å². The molecule has 2 unspecified atom stereocenters. The molecule has 2 aliphatic heterocycles. The van der Waals surface area contributed by atoms with Crippen molar-refractivity contribution >= 4 is 17.9 Å². The highest BCUT2D eigenvalue weighted by atomic mass is 16.6. The third-order valence-corrected chi connectivity index (χ3v) is 8.04. The number of esters is 2. The monoisotopic (exact) mass is 463 g/mol. The number of hydrogen-bond acceptors (Lipinski definition) is 8. The molecule has 9 nitrogen and oxygen atoms in total. The molecule has 0 aromatic heterocycles. The molecule has 0 spiro atoms. The molecule has 4 rings (SSSR count). The number of carboxylic acids is 1. The van der Waals surface area contributed by atoms with Crippen LogP contribution in [0.1, 0.15) is 32.6 Å². The van der Waals surface area contributed by atoms with Crippen LogP contribution in [0.3, 0.4) is 0 Å². The molecular formula is C24H33NO8. The summed E-state index contributed by atoms with van der Waals surface area (Å²) in [5.74, 6) is -4.15. The van der Waals surface area contributed by atoms with Gasteiger partial charge in [-0.15, -0.1) is 0 Å². The van der Waals surface area contributed by atoms with Gasteiger partial charge in [-0.2, -0.15) is 0 Å². The van der Waals surface area contributed by atoms with E-state index in [9.17, 15) is 29.7 Å². The first kappa shape index (κ1) is 23.9. The minimum absolute atomic E-state index is 0.0906. The molecule has 182 valence electrons. The number of likely N-dealkylation sites (tertiary alicyclic amines) is 1. The Hall–Kier alpha value is -2.23. The van der Waals surface area contributed by atoms with Gasteiger partial charge in [-0.3, -0.25) is 19.3 Å². The van der Waals surface area contributed by atoms with Crippen LogP contribution in [0.15, 0.2) is 24.3 Å². The maximum Gasteiger partial charge on any atom is 0.320 e. The molecule has 0 bridgehead atoms. The predicted molar refractivity (Wildman–Crippen MR) is 116 cm³/mol. The lowest BCUT2D eigenvalue weighted by Gasteiger charge is -2.31. The fraction of sp³-hybridized carbons (Fsp3) is 0.708. The van der Waals surface area contributed by atoms with Crippen molar-refractivity contribution in [2.45, 2.75) is 57.0 Å². The molecule has 4 fully saturated rings. The number of aliphatic hydroxyl groups is 2. The van der Waals surface area contributed by atoms with Gasteiger partial charge in [0.05, 0.1) is 24.5 Å². The second-order valence-corrected chi connectivity index (χ2v) is 9.93. The first-order valence-corrected chi connectivity index (χ1v) is 11.7. The standard InChI is InChI=1S/C24H33NO8/c1-11-7-18(32-24(31)14(10-26)9-25-6-4-5-16(25)22(28)29)20-13(3)23(30)33-21(20)19-12(2)17(27)8-15(11)19/h13-21,26-27H,1-2,4-10H2,3H3,(H,28,29)/t13-,14?,15-,16?,17-,18-,19-,20+,21+/m0/s1. The molecular weight excluding hydrogens is 430 g/mol. The summed E-state index contributed by atoms with van der Waals surface area (Å²) in [6, 6.07) is -0.674. The van der Waals surface area contributed by atoms with Crippen LogP contribution in [0.5, 0.6) is 0 Å². The Morgan fingerprint density at radius 3 is 2.73 bits per heavy atom. The summed E-state index contributed by atoms with van der Waals surface area (Å²) in [5, 5.41) is 29.6. The third kappa shape index (κ3) is 4.22. The molecule has 4 aliphatic rings. The zero-order valence-electron chi connectivity index (χ0n) is 18.9. The molecule has 2 saturated carbocycles. The third-order valence-electron chi connectivity index (χ3n) is 8.04. The summed E-state index contributed by atoms with van der Waals surface area (Å²) < 4.78 is 11.6. The van der Waals surface area contributed by atoms with Crippen LogP contribution >= 0.6 is 0 Å². The van der Waals surface area contributed by atoms with E-state index < -0.39 is 60.7 Å². The number of ether oxygens (including phenoxy) is 2. The largest absolute Gasteiger partial charge is 0.480 e. The summed E-state index contributed by atoms with van der Waals surface area (Å²) in [6.45, 7) is 10.1. The topological polar surface area (TPSA) is 134 Å². The number of carboxylic acid groups (broad SMARTS) is 1. The van der Waals surface area contributed by atoms with E-state index in [-0.39, 0.29) is 24.3 Å². The zero-order chi connectivity index (χ0) is 24.0. The van der Waals surface area contributed by atoms with Gasteiger partial charge in [0.1, 0.15) is 18.2 Å². The van der Waals surface area contributed by atoms with Crippen molar-refractivity contribution < 1.29 is 39.2 Å². The second-order valence-electron chi connectivity index (χ2n) is 9.93. The van der Waals surface area contributed by atoms with Gasteiger partial charge >= 0.3 is 17.9 Å². The van der Waals surface area contributed by atoms with Crippen molar-refractivity contribution in [1.29, 1.82) is 0 Å². The number of carbonyl (C=O) groups excluding carboxylic acids is 2. The fourth-order valence-electron chi connectivity index (χ4n) is 6.21. The number of aliphatic carboxylic acids is 1. The van der Waals surface area contributed by atoms with E-state index in [1.807, 2.05) is 0 Å².